The van der Waals surface area contributed by atoms with Gasteiger partial charge in [0.15, 0.2) is 34.9 Å². The Kier molecular flexibility index (Phi) is 15.2. The number of aromatic nitrogens is 6. The second-order valence-corrected chi connectivity index (χ2v) is 29.6. The number of nitrogens with zero attached hydrogens (tertiary/aromatic N) is 8. The van der Waals surface area contributed by atoms with E-state index in [1.807, 2.05) is 127 Å². The summed E-state index contributed by atoms with van der Waals surface area (Å²) < 4.78 is 16.2. The van der Waals surface area contributed by atoms with Crippen molar-refractivity contribution in [1.82, 2.24) is 29.9 Å². The molecule has 0 bridgehead atoms. The first-order chi connectivity index (χ1) is 54.2. The highest BCUT2D eigenvalue weighted by Crippen LogP contribution is 2.53. The average Bonchev–Trinajstić information content (AvgIpc) is 1.54. The number of furan rings is 2. The highest BCUT2D eigenvalue weighted by Gasteiger charge is 2.36. The molecule has 0 aliphatic heterocycles. The van der Waals surface area contributed by atoms with Gasteiger partial charge < -0.3 is 18.6 Å². The van der Waals surface area contributed by atoms with Crippen molar-refractivity contribution in [3.8, 4) is 102 Å². The summed E-state index contributed by atoms with van der Waals surface area (Å²) in [5, 5.41) is 6.40. The Morgan fingerprint density at radius 3 is 1.11 bits per heavy atom. The first-order valence-corrected chi connectivity index (χ1v) is 37.8. The van der Waals surface area contributed by atoms with Gasteiger partial charge in [-0.25, -0.2) is 29.9 Å². The summed E-state index contributed by atoms with van der Waals surface area (Å²) in [6.07, 6.45) is 0. The quantitative estimate of drug-likeness (QED) is 0.104. The first-order valence-electron chi connectivity index (χ1n) is 37.0. The summed E-state index contributed by atoms with van der Waals surface area (Å²) in [6, 6.07) is 124. The van der Waals surface area contributed by atoms with E-state index in [1.165, 1.54) is 42.4 Å². The molecule has 0 saturated heterocycles. The molecule has 0 radical (unpaired) electrons. The van der Waals surface area contributed by atoms with Crippen LogP contribution in [0.4, 0.5) is 34.1 Å². The van der Waals surface area contributed by atoms with Crippen LogP contribution in [-0.4, -0.2) is 29.9 Å². The van der Waals surface area contributed by atoms with Crippen molar-refractivity contribution in [3.63, 3.8) is 0 Å². The summed E-state index contributed by atoms with van der Waals surface area (Å²) in [7, 11) is 0. The first kappa shape index (κ1) is 64.1. The van der Waals surface area contributed by atoms with Crippen LogP contribution in [0.1, 0.15) is 25.0 Å². The van der Waals surface area contributed by atoms with E-state index < -0.39 is 0 Å². The van der Waals surface area contributed by atoms with Crippen LogP contribution in [0.15, 0.2) is 361 Å². The van der Waals surface area contributed by atoms with Gasteiger partial charge in [0.2, 0.25) is 0 Å². The topological polar surface area (TPSA) is 110 Å². The molecule has 0 fully saturated rings. The van der Waals surface area contributed by atoms with Gasteiger partial charge in [0, 0.05) is 92.5 Å². The molecule has 0 amide bonds. The molecule has 1 aliphatic rings. The third-order valence-electron chi connectivity index (χ3n) is 21.6. The number of hydrogen-bond donors (Lipinski definition) is 0. The van der Waals surface area contributed by atoms with Crippen LogP contribution in [0, 0.1) is 0 Å². The van der Waals surface area contributed by atoms with E-state index in [1.54, 1.807) is 0 Å². The van der Waals surface area contributed by atoms with Crippen molar-refractivity contribution in [2.45, 2.75) is 19.3 Å². The molecular formula is C99H64N8O2S. The highest BCUT2D eigenvalue weighted by molar-refractivity contribution is 7.25. The van der Waals surface area contributed by atoms with E-state index in [4.69, 9.17) is 38.7 Å². The molecule has 20 aromatic rings. The largest absolute Gasteiger partial charge is 0.456 e. The van der Waals surface area contributed by atoms with Gasteiger partial charge in [-0.2, -0.15) is 0 Å². The molecule has 0 spiro atoms. The fourth-order valence-electron chi connectivity index (χ4n) is 16.2. The van der Waals surface area contributed by atoms with Crippen molar-refractivity contribution < 1.29 is 8.83 Å². The smallest absolute Gasteiger partial charge is 0.164 e. The maximum atomic E-state index is 6.87. The van der Waals surface area contributed by atoms with Gasteiger partial charge >= 0.3 is 0 Å². The van der Waals surface area contributed by atoms with E-state index in [-0.39, 0.29) is 5.41 Å². The number of rotatable bonds is 14. The second-order valence-electron chi connectivity index (χ2n) is 28.5. The third-order valence-corrected chi connectivity index (χ3v) is 22.7. The lowest BCUT2D eigenvalue weighted by molar-refractivity contribution is 0.660. The van der Waals surface area contributed by atoms with E-state index in [2.05, 4.69) is 260 Å². The van der Waals surface area contributed by atoms with Gasteiger partial charge in [-0.05, 0) is 142 Å². The lowest BCUT2D eigenvalue weighted by Gasteiger charge is -2.29. The molecule has 0 saturated carbocycles. The lowest BCUT2D eigenvalue weighted by atomic mass is 9.82. The van der Waals surface area contributed by atoms with E-state index in [0.717, 1.165) is 128 Å². The number of anilines is 6. The Balaban J connectivity index is 0.638. The minimum atomic E-state index is -0.215. The van der Waals surface area contributed by atoms with Gasteiger partial charge in [0.1, 0.15) is 22.3 Å². The minimum Gasteiger partial charge on any atom is -0.456 e. The van der Waals surface area contributed by atoms with Crippen molar-refractivity contribution in [1.29, 1.82) is 0 Å². The van der Waals surface area contributed by atoms with E-state index >= 15 is 0 Å². The molecular weight excluding hydrogens is 1370 g/mol. The molecule has 11 heteroatoms. The number of benzene rings is 15. The van der Waals surface area contributed by atoms with E-state index in [9.17, 15) is 0 Å². The maximum absolute atomic E-state index is 6.87. The molecule has 0 unspecified atom stereocenters. The molecule has 10 nitrogen and oxygen atoms in total. The summed E-state index contributed by atoms with van der Waals surface area (Å²) in [5.74, 6) is 3.33. The van der Waals surface area contributed by atoms with Gasteiger partial charge in [0.05, 0.1) is 22.1 Å². The maximum Gasteiger partial charge on any atom is 0.164 e. The molecule has 0 N–H and O–H groups in total. The fourth-order valence-corrected chi connectivity index (χ4v) is 17.2. The Morgan fingerprint density at radius 1 is 0.245 bits per heavy atom. The molecule has 0 atom stereocenters. The van der Waals surface area contributed by atoms with Crippen molar-refractivity contribution >= 4 is 110 Å². The van der Waals surface area contributed by atoms with Crippen LogP contribution in [-0.2, 0) is 5.41 Å². The van der Waals surface area contributed by atoms with Crippen LogP contribution < -0.4 is 9.80 Å². The zero-order valence-electron chi connectivity index (χ0n) is 59.8. The fraction of sp³-hybridized carbons (Fsp3) is 0.0303. The molecule has 5 aromatic heterocycles. The van der Waals surface area contributed by atoms with Crippen LogP contribution >= 0.6 is 11.3 Å². The number of hydrogen-bond acceptors (Lipinski definition) is 11. The molecule has 21 rings (SSSR count). The van der Waals surface area contributed by atoms with Gasteiger partial charge in [0.25, 0.3) is 0 Å². The predicted octanol–water partition coefficient (Wildman–Crippen LogP) is 26.8. The predicted molar refractivity (Wildman–Crippen MR) is 451 cm³/mol. The lowest BCUT2D eigenvalue weighted by Crippen LogP contribution is -2.16. The summed E-state index contributed by atoms with van der Waals surface area (Å²) in [5.41, 5.74) is 23.2. The zero-order valence-corrected chi connectivity index (χ0v) is 60.6. The standard InChI is InChI=1S/C99H64N8O2S/c1-99(2)81-35-19-15-31-75(81)76-53-51-74(60-82(76)99)106(71-29-13-6-14-30-71)83-55-69(57-87-91(83)78-33-16-20-36-85(78)108-87)98-104-95(67-27-11-5-12-28-67)101-96(105-98)68-45-43-63(44-46-68)61-39-41-62(42-40-61)64-47-49-72(50-48-64)107(73-52-54-90-80(59-73)77-32-18-22-38-89(77)110-90)84-56-70(58-88-92(84)79-34-17-21-37-86(79)109-88)97-102-93(65-23-7-3-8-24-65)100-94(103-97)66-25-9-4-10-26-66/h3-60H,1-2H3. The van der Waals surface area contributed by atoms with Crippen molar-refractivity contribution in [2.24, 2.45) is 0 Å². The molecule has 110 heavy (non-hydrogen) atoms. The summed E-state index contributed by atoms with van der Waals surface area (Å²) in [6.45, 7) is 4.66. The van der Waals surface area contributed by atoms with Crippen LogP contribution in [0.25, 0.3) is 166 Å². The van der Waals surface area contributed by atoms with E-state index in [0.29, 0.717) is 40.5 Å². The Bertz CT molecular complexity index is 6920. The Labute approximate surface area is 637 Å². The molecule has 5 heterocycles. The number of thiophene rings is 1. The molecule has 15 aromatic carbocycles. The monoisotopic (exact) mass is 1430 g/mol. The van der Waals surface area contributed by atoms with Crippen molar-refractivity contribution in [2.75, 3.05) is 9.80 Å². The Morgan fingerprint density at radius 2 is 0.600 bits per heavy atom. The van der Waals surface area contributed by atoms with Crippen LogP contribution in [0.2, 0.25) is 0 Å². The average molecular weight is 1430 g/mol. The van der Waals surface area contributed by atoms with Crippen LogP contribution in [0.3, 0.4) is 0 Å². The SMILES string of the molecule is CC1(C)c2ccccc2-c2ccc(N(c3ccccc3)c3cc(-c4nc(-c5ccccc5)nc(-c5ccc(-c6ccc(-c7ccc(N(c8ccc9sc%10ccccc%10c9c8)c8cc(-c9nc(-c%10ccccc%10)nc(-c%10ccccc%10)n9)cc9oc%10ccccc%10c89)cc7)cc6)cc5)n4)cc4oc5ccccc5c34)cc21. The second kappa shape index (κ2) is 26.1. The molecule has 518 valence electrons. The highest BCUT2D eigenvalue weighted by atomic mass is 32.1. The van der Waals surface area contributed by atoms with Gasteiger partial charge in [-0.15, -0.1) is 11.3 Å². The third kappa shape index (κ3) is 11.1. The normalized spacial score (nSPS) is 12.3. The van der Waals surface area contributed by atoms with Crippen molar-refractivity contribution in [3.05, 3.63) is 363 Å². The number of para-hydroxylation sites is 3. The van der Waals surface area contributed by atoms with Gasteiger partial charge in [-0.3, -0.25) is 0 Å². The minimum absolute atomic E-state index is 0.215. The summed E-state index contributed by atoms with van der Waals surface area (Å²) >= 11 is 1.81. The number of fused-ring (bicyclic) bond motifs is 12. The zero-order chi connectivity index (χ0) is 73.0. The molecule has 1 aliphatic carbocycles. The van der Waals surface area contributed by atoms with Crippen LogP contribution in [0.5, 0.6) is 0 Å². The summed E-state index contributed by atoms with van der Waals surface area (Å²) in [4.78, 5) is 36.2. The Hall–Kier alpha value is -14.3. The van der Waals surface area contributed by atoms with Gasteiger partial charge in [-0.1, -0.05) is 269 Å².